The molecule has 1 saturated heterocycles. The lowest BCUT2D eigenvalue weighted by atomic mass is 10.0. The third kappa shape index (κ3) is 7.16. The molecule has 2 N–H and O–H groups in total. The zero-order valence-electron chi connectivity index (χ0n) is 15.1. The van der Waals surface area contributed by atoms with Gasteiger partial charge in [-0.05, 0) is 18.3 Å². The normalized spacial score (nSPS) is 30.0. The van der Waals surface area contributed by atoms with Crippen LogP contribution in [0.5, 0.6) is 0 Å². The molecule has 0 saturated carbocycles. The Morgan fingerprint density at radius 3 is 2.30 bits per heavy atom. The SMILES string of the molecule is CC[C@H]1OC(=O)[C@H](N)COC[C@H](OCC(C)C)[C@H]1OCC(C)C. The van der Waals surface area contributed by atoms with Crippen LogP contribution in [0, 0.1) is 11.8 Å². The van der Waals surface area contributed by atoms with E-state index in [0.29, 0.717) is 38.1 Å². The number of carbonyl (C=O) groups is 1. The maximum absolute atomic E-state index is 12.0. The van der Waals surface area contributed by atoms with Gasteiger partial charge in [0.1, 0.15) is 24.4 Å². The van der Waals surface area contributed by atoms with Crippen molar-refractivity contribution in [3.8, 4) is 0 Å². The van der Waals surface area contributed by atoms with Crippen molar-refractivity contribution in [2.45, 2.75) is 65.4 Å². The van der Waals surface area contributed by atoms with Crippen LogP contribution in [-0.2, 0) is 23.7 Å². The zero-order valence-corrected chi connectivity index (χ0v) is 15.1. The predicted octanol–water partition coefficient (Wildman–Crippen LogP) is 1.75. The van der Waals surface area contributed by atoms with Crippen molar-refractivity contribution in [2.75, 3.05) is 26.4 Å². The third-order valence-electron chi connectivity index (χ3n) is 3.55. The van der Waals surface area contributed by atoms with Gasteiger partial charge in [0.05, 0.1) is 13.2 Å². The van der Waals surface area contributed by atoms with Crippen molar-refractivity contribution in [3.63, 3.8) is 0 Å². The molecule has 4 atom stereocenters. The van der Waals surface area contributed by atoms with Gasteiger partial charge < -0.3 is 24.7 Å². The largest absolute Gasteiger partial charge is 0.458 e. The van der Waals surface area contributed by atoms with E-state index >= 15 is 0 Å². The molecule has 1 rings (SSSR count). The number of cyclic esters (lactones) is 1. The Morgan fingerprint density at radius 1 is 1.13 bits per heavy atom. The molecule has 6 nitrogen and oxygen atoms in total. The fourth-order valence-electron chi connectivity index (χ4n) is 2.31. The number of esters is 1. The summed E-state index contributed by atoms with van der Waals surface area (Å²) >= 11 is 0. The van der Waals surface area contributed by atoms with Gasteiger partial charge in [0.15, 0.2) is 0 Å². The minimum absolute atomic E-state index is 0.133. The van der Waals surface area contributed by atoms with Crippen molar-refractivity contribution < 1.29 is 23.7 Å². The first-order valence-corrected chi connectivity index (χ1v) is 8.62. The van der Waals surface area contributed by atoms with Crippen molar-refractivity contribution in [1.82, 2.24) is 0 Å². The van der Waals surface area contributed by atoms with E-state index < -0.39 is 12.0 Å². The summed E-state index contributed by atoms with van der Waals surface area (Å²) in [6.45, 7) is 12.0. The summed E-state index contributed by atoms with van der Waals surface area (Å²) in [7, 11) is 0. The van der Waals surface area contributed by atoms with Gasteiger partial charge in [-0.25, -0.2) is 0 Å². The second-order valence-electron chi connectivity index (χ2n) is 6.98. The molecule has 136 valence electrons. The van der Waals surface area contributed by atoms with Gasteiger partial charge in [0, 0.05) is 13.2 Å². The molecule has 0 amide bonds. The molecular formula is C17H33NO5. The van der Waals surface area contributed by atoms with E-state index in [1.807, 2.05) is 6.92 Å². The summed E-state index contributed by atoms with van der Waals surface area (Å²) in [5.41, 5.74) is 5.79. The maximum Gasteiger partial charge on any atom is 0.325 e. The molecule has 0 unspecified atom stereocenters. The first kappa shape index (κ1) is 20.4. The summed E-state index contributed by atoms with van der Waals surface area (Å²) in [5, 5.41) is 0. The molecule has 0 aromatic rings. The van der Waals surface area contributed by atoms with Crippen LogP contribution in [0.15, 0.2) is 0 Å². The third-order valence-corrected chi connectivity index (χ3v) is 3.55. The molecule has 23 heavy (non-hydrogen) atoms. The standard InChI is InChI=1S/C17H33NO5/c1-6-14-16(22-8-12(4)5)15(21-7-11(2)3)10-20-9-13(18)17(19)23-14/h11-16H,6-10,18H2,1-5H3/t13-,14-,15+,16+/m1/s1. The number of rotatable bonds is 7. The lowest BCUT2D eigenvalue weighted by Gasteiger charge is -2.32. The Hall–Kier alpha value is -0.690. The van der Waals surface area contributed by atoms with Gasteiger partial charge in [-0.1, -0.05) is 34.6 Å². The Bertz CT molecular complexity index is 348. The van der Waals surface area contributed by atoms with E-state index in [2.05, 4.69) is 27.7 Å². The predicted molar refractivity (Wildman–Crippen MR) is 88.1 cm³/mol. The highest BCUT2D eigenvalue weighted by molar-refractivity contribution is 5.75. The van der Waals surface area contributed by atoms with Crippen LogP contribution in [0.4, 0.5) is 0 Å². The Kier molecular flexibility index (Phi) is 9.06. The van der Waals surface area contributed by atoms with Crippen LogP contribution in [0.1, 0.15) is 41.0 Å². The van der Waals surface area contributed by atoms with Crippen molar-refractivity contribution >= 4 is 5.97 Å². The van der Waals surface area contributed by atoms with Gasteiger partial charge in [0.2, 0.25) is 0 Å². The van der Waals surface area contributed by atoms with E-state index in [1.54, 1.807) is 0 Å². The monoisotopic (exact) mass is 331 g/mol. The van der Waals surface area contributed by atoms with Gasteiger partial charge in [-0.2, -0.15) is 0 Å². The van der Waals surface area contributed by atoms with Gasteiger partial charge in [0.25, 0.3) is 0 Å². The van der Waals surface area contributed by atoms with Gasteiger partial charge in [-0.3, -0.25) is 4.79 Å². The van der Waals surface area contributed by atoms with Crippen molar-refractivity contribution in [1.29, 1.82) is 0 Å². The quantitative estimate of drug-likeness (QED) is 0.716. The van der Waals surface area contributed by atoms with Crippen LogP contribution in [0.25, 0.3) is 0 Å². The highest BCUT2D eigenvalue weighted by atomic mass is 16.6. The smallest absolute Gasteiger partial charge is 0.325 e. The lowest BCUT2D eigenvalue weighted by molar-refractivity contribution is -0.172. The van der Waals surface area contributed by atoms with E-state index in [-0.39, 0.29) is 24.9 Å². The van der Waals surface area contributed by atoms with E-state index in [1.165, 1.54) is 0 Å². The molecule has 0 aromatic carbocycles. The summed E-state index contributed by atoms with van der Waals surface area (Å²) in [6, 6.07) is -0.765. The molecule has 0 aromatic heterocycles. The number of nitrogens with two attached hydrogens (primary N) is 1. The molecule has 0 aliphatic carbocycles. The minimum Gasteiger partial charge on any atom is -0.458 e. The van der Waals surface area contributed by atoms with Crippen LogP contribution >= 0.6 is 0 Å². The summed E-state index contributed by atoms with van der Waals surface area (Å²) < 4.78 is 23.2. The highest BCUT2D eigenvalue weighted by Crippen LogP contribution is 2.20. The van der Waals surface area contributed by atoms with Crippen molar-refractivity contribution in [3.05, 3.63) is 0 Å². The van der Waals surface area contributed by atoms with E-state index in [9.17, 15) is 4.79 Å². The minimum atomic E-state index is -0.765. The van der Waals surface area contributed by atoms with Crippen LogP contribution < -0.4 is 5.73 Å². The first-order chi connectivity index (χ1) is 10.8. The summed E-state index contributed by atoms with van der Waals surface area (Å²) in [5.74, 6) is 0.336. The second-order valence-corrected chi connectivity index (χ2v) is 6.98. The van der Waals surface area contributed by atoms with Gasteiger partial charge >= 0.3 is 5.97 Å². The topological polar surface area (TPSA) is 80.0 Å². The molecule has 0 radical (unpaired) electrons. The van der Waals surface area contributed by atoms with Crippen LogP contribution in [-0.4, -0.2) is 56.8 Å². The van der Waals surface area contributed by atoms with E-state index in [4.69, 9.17) is 24.7 Å². The molecule has 1 heterocycles. The van der Waals surface area contributed by atoms with Crippen molar-refractivity contribution in [2.24, 2.45) is 17.6 Å². The average Bonchev–Trinajstić information content (AvgIpc) is 2.53. The first-order valence-electron chi connectivity index (χ1n) is 8.62. The fourth-order valence-corrected chi connectivity index (χ4v) is 2.31. The maximum atomic E-state index is 12.0. The van der Waals surface area contributed by atoms with Gasteiger partial charge in [-0.15, -0.1) is 0 Å². The molecule has 6 heteroatoms. The fraction of sp³-hybridized carbons (Fsp3) is 0.941. The van der Waals surface area contributed by atoms with E-state index in [0.717, 1.165) is 0 Å². The van der Waals surface area contributed by atoms with Crippen LogP contribution in [0.3, 0.4) is 0 Å². The number of carbonyl (C=O) groups excluding carboxylic acids is 1. The average molecular weight is 331 g/mol. The molecular weight excluding hydrogens is 298 g/mol. The molecule has 1 fully saturated rings. The summed E-state index contributed by atoms with van der Waals surface area (Å²) in [6.07, 6.45) is -0.372. The Morgan fingerprint density at radius 2 is 1.74 bits per heavy atom. The Balaban J connectivity index is 2.90. The molecule has 0 bridgehead atoms. The zero-order chi connectivity index (χ0) is 17.4. The number of hydrogen-bond donors (Lipinski definition) is 1. The number of hydrogen-bond acceptors (Lipinski definition) is 6. The van der Waals surface area contributed by atoms with Crippen LogP contribution in [0.2, 0.25) is 0 Å². The Labute approximate surface area is 140 Å². The molecule has 0 spiro atoms. The highest BCUT2D eigenvalue weighted by Gasteiger charge is 2.36. The summed E-state index contributed by atoms with van der Waals surface area (Å²) in [4.78, 5) is 12.0. The number of ether oxygens (including phenoxy) is 4. The second kappa shape index (κ2) is 10.2. The molecule has 1 aliphatic heterocycles. The molecule has 1 aliphatic rings. The lowest BCUT2D eigenvalue weighted by Crippen LogP contribution is -2.46.